The second kappa shape index (κ2) is 9.39. The van der Waals surface area contributed by atoms with Crippen LogP contribution in [-0.4, -0.2) is 26.9 Å². The van der Waals surface area contributed by atoms with Gasteiger partial charge in [-0.3, -0.25) is 9.36 Å². The first kappa shape index (κ1) is 23.3. The molecule has 1 aliphatic heterocycles. The largest absolute Gasteiger partial charge is 0.483 e. The summed E-state index contributed by atoms with van der Waals surface area (Å²) in [4.78, 5) is 43.1. The van der Waals surface area contributed by atoms with Crippen LogP contribution < -0.4 is 10.3 Å². The second-order valence-corrected chi connectivity index (χ2v) is 7.75. The molecule has 172 valence electrons. The van der Waals surface area contributed by atoms with Gasteiger partial charge in [0.1, 0.15) is 17.5 Å². The average Bonchev–Trinajstić information content (AvgIpc) is 2.74. The third-order valence-corrected chi connectivity index (χ3v) is 4.83. The van der Waals surface area contributed by atoms with Gasteiger partial charge in [-0.15, -0.1) is 20.2 Å². The van der Waals surface area contributed by atoms with Gasteiger partial charge in [-0.05, 0) is 62.6 Å². The van der Waals surface area contributed by atoms with Crippen LogP contribution in [0.5, 0.6) is 5.75 Å². The number of hydrogen-bond acceptors (Lipinski definition) is 9. The number of pyridine rings is 1. The highest BCUT2D eigenvalue weighted by molar-refractivity contribution is 5.74. The van der Waals surface area contributed by atoms with Crippen LogP contribution in [0.3, 0.4) is 0 Å². The Morgan fingerprint density at radius 1 is 1.21 bits per heavy atom. The van der Waals surface area contributed by atoms with Gasteiger partial charge in [0.15, 0.2) is 0 Å². The highest BCUT2D eigenvalue weighted by atomic mass is 17.0. The molecule has 3 rings (SSSR count). The van der Waals surface area contributed by atoms with Gasteiger partial charge in [-0.1, -0.05) is 0 Å². The Kier molecular flexibility index (Phi) is 6.62. The molecule has 33 heavy (non-hydrogen) atoms. The maximum atomic E-state index is 12.8. The predicted molar refractivity (Wildman–Crippen MR) is 113 cm³/mol. The van der Waals surface area contributed by atoms with Crippen LogP contribution in [0.15, 0.2) is 47.4 Å². The van der Waals surface area contributed by atoms with Crippen molar-refractivity contribution in [2.45, 2.75) is 38.4 Å². The van der Waals surface area contributed by atoms with Crippen molar-refractivity contribution < 1.29 is 24.6 Å². The molecule has 12 nitrogen and oxygen atoms in total. The third-order valence-electron chi connectivity index (χ3n) is 4.83. The number of nitrogens with zero attached hydrogens (tertiary/aromatic N) is 4. The van der Waals surface area contributed by atoms with E-state index in [0.29, 0.717) is 28.1 Å². The van der Waals surface area contributed by atoms with Gasteiger partial charge in [0.05, 0.1) is 23.9 Å². The van der Waals surface area contributed by atoms with E-state index in [1.165, 1.54) is 22.9 Å². The van der Waals surface area contributed by atoms with E-state index < -0.39 is 27.4 Å². The van der Waals surface area contributed by atoms with Gasteiger partial charge in [-0.25, -0.2) is 0 Å². The fraction of sp³-hybridized carbons (Fsp3) is 0.333. The van der Waals surface area contributed by atoms with Crippen LogP contribution in [-0.2, 0) is 9.68 Å². The van der Waals surface area contributed by atoms with Crippen molar-refractivity contribution in [3.63, 3.8) is 0 Å². The van der Waals surface area contributed by atoms with Crippen molar-refractivity contribution in [1.29, 1.82) is 5.26 Å². The molecular weight excluding hydrogens is 436 g/mol. The Hall–Kier alpha value is -4.40. The smallest absolute Gasteiger partial charge is 0.295 e. The van der Waals surface area contributed by atoms with E-state index in [4.69, 9.17) is 9.57 Å². The normalized spacial score (nSPS) is 14.6. The third kappa shape index (κ3) is 5.65. The minimum absolute atomic E-state index is 0.0375. The summed E-state index contributed by atoms with van der Waals surface area (Å²) in [5, 5.41) is 28.7. The number of fused-ring (bicyclic) bond motifs is 1. The maximum Gasteiger partial charge on any atom is 0.295 e. The molecule has 1 aromatic carbocycles. The summed E-state index contributed by atoms with van der Waals surface area (Å²) in [6.07, 6.45) is 2.20. The first-order valence-corrected chi connectivity index (χ1v) is 9.87. The molecule has 0 bridgehead atoms. The molecule has 1 aromatic heterocycles. The number of hydrogen-bond donors (Lipinski definition) is 0. The molecule has 1 atom stereocenters. The van der Waals surface area contributed by atoms with E-state index in [9.17, 15) is 30.3 Å². The lowest BCUT2D eigenvalue weighted by Crippen LogP contribution is -2.32. The van der Waals surface area contributed by atoms with Crippen LogP contribution in [0.2, 0.25) is 0 Å². The maximum absolute atomic E-state index is 12.8. The molecule has 0 radical (unpaired) electrons. The fourth-order valence-electron chi connectivity index (χ4n) is 3.48. The summed E-state index contributed by atoms with van der Waals surface area (Å²) in [5.74, 6) is 0.476. The average molecular weight is 456 g/mol. The van der Waals surface area contributed by atoms with Crippen molar-refractivity contribution in [3.05, 3.63) is 89.9 Å². The summed E-state index contributed by atoms with van der Waals surface area (Å²) in [5.41, 5.74) is 0.457. The second-order valence-electron chi connectivity index (χ2n) is 7.75. The minimum Gasteiger partial charge on any atom is -0.483 e. The summed E-state index contributed by atoms with van der Waals surface area (Å²) in [7, 11) is 0. The molecule has 0 amide bonds. The highest BCUT2D eigenvalue weighted by Crippen LogP contribution is 2.37. The number of rotatable bonds is 9. The van der Waals surface area contributed by atoms with Crippen molar-refractivity contribution in [2.75, 3.05) is 6.61 Å². The highest BCUT2D eigenvalue weighted by Gasteiger charge is 2.29. The first-order valence-electron chi connectivity index (χ1n) is 9.87. The summed E-state index contributed by atoms with van der Waals surface area (Å²) in [6.45, 7) is 3.35. The molecule has 2 aromatic rings. The molecule has 2 heterocycles. The van der Waals surface area contributed by atoms with E-state index >= 15 is 0 Å². The number of aromatic nitrogens is 1. The predicted octanol–water partition coefficient (Wildman–Crippen LogP) is 3.02. The summed E-state index contributed by atoms with van der Waals surface area (Å²) < 4.78 is 7.25. The monoisotopic (exact) mass is 456 g/mol. The Morgan fingerprint density at radius 3 is 2.64 bits per heavy atom. The van der Waals surface area contributed by atoms with E-state index in [1.807, 2.05) is 6.07 Å². The molecular formula is C21H20N4O8. The van der Waals surface area contributed by atoms with Gasteiger partial charge in [0.25, 0.3) is 15.7 Å². The van der Waals surface area contributed by atoms with Gasteiger partial charge >= 0.3 is 0 Å². The molecule has 0 fully saturated rings. The zero-order valence-electron chi connectivity index (χ0n) is 17.8. The van der Waals surface area contributed by atoms with Crippen molar-refractivity contribution >= 4 is 5.70 Å². The molecule has 1 aliphatic rings. The van der Waals surface area contributed by atoms with E-state index in [0.717, 1.165) is 0 Å². The number of ether oxygens (including phenoxy) is 1. The molecule has 12 heteroatoms. The Morgan fingerprint density at radius 2 is 1.97 bits per heavy atom. The van der Waals surface area contributed by atoms with Crippen LogP contribution in [0.4, 0.5) is 0 Å². The molecule has 0 saturated carbocycles. The lowest BCUT2D eigenvalue weighted by atomic mass is 9.97. The van der Waals surface area contributed by atoms with Crippen LogP contribution in [0.1, 0.15) is 49.5 Å². The summed E-state index contributed by atoms with van der Waals surface area (Å²) in [6, 6.07) is 9.53. The van der Waals surface area contributed by atoms with Crippen LogP contribution in [0, 0.1) is 31.6 Å². The Bertz CT molecular complexity index is 1210. The van der Waals surface area contributed by atoms with Crippen molar-refractivity contribution in [2.24, 2.45) is 0 Å². The Balaban J connectivity index is 2.03. The summed E-state index contributed by atoms with van der Waals surface area (Å²) >= 11 is 0. The zero-order chi connectivity index (χ0) is 24.2. The number of benzene rings is 1. The number of nitriles is 1. The molecule has 0 aliphatic carbocycles. The quantitative estimate of drug-likeness (QED) is 0.314. The van der Waals surface area contributed by atoms with E-state index in [1.54, 1.807) is 38.1 Å². The van der Waals surface area contributed by atoms with E-state index in [-0.39, 0.29) is 19.4 Å². The molecule has 1 unspecified atom stereocenters. The van der Waals surface area contributed by atoms with Gasteiger partial charge in [0, 0.05) is 17.8 Å². The van der Waals surface area contributed by atoms with Crippen molar-refractivity contribution in [3.8, 4) is 11.8 Å². The van der Waals surface area contributed by atoms with E-state index in [2.05, 4.69) is 4.84 Å². The van der Waals surface area contributed by atoms with Gasteiger partial charge in [0.2, 0.25) is 0 Å². The van der Waals surface area contributed by atoms with Gasteiger partial charge in [-0.2, -0.15) is 5.26 Å². The first-order chi connectivity index (χ1) is 15.6. The topological polar surface area (TPSA) is 160 Å². The molecule has 0 saturated heterocycles. The standard InChI is InChI=1S/C21H20N4O8/c1-21(2)11-17(16-10-14(12-22)5-7-19(16)32-21)23-13-15(6-8-20(23)26)18(33-25(29)30)4-3-9-31-24(27)28/h5-8,10-11,13,18H,3-4,9H2,1-2H3. The minimum atomic E-state index is -1.08. The zero-order valence-corrected chi connectivity index (χ0v) is 17.8. The Labute approximate surface area is 187 Å². The van der Waals surface area contributed by atoms with Gasteiger partial charge < -0.3 is 14.4 Å². The SMILES string of the molecule is CC1(C)C=C(n2cc(C(CCCO[N+](=O)[O-])O[N+](=O)[O-])ccc2=O)c2cc(C#N)ccc2O1. The molecule has 0 N–H and O–H groups in total. The van der Waals surface area contributed by atoms with Crippen molar-refractivity contribution in [1.82, 2.24) is 4.57 Å². The van der Waals surface area contributed by atoms with Crippen LogP contribution in [0.25, 0.3) is 5.70 Å². The fourth-order valence-corrected chi connectivity index (χ4v) is 3.48. The lowest BCUT2D eigenvalue weighted by molar-refractivity contribution is -0.772. The molecule has 0 spiro atoms. The lowest BCUT2D eigenvalue weighted by Gasteiger charge is -2.31. The van der Waals surface area contributed by atoms with Crippen LogP contribution >= 0.6 is 0 Å².